The van der Waals surface area contributed by atoms with Gasteiger partial charge in [-0.25, -0.2) is 0 Å². The van der Waals surface area contributed by atoms with Crippen LogP contribution in [0.3, 0.4) is 0 Å². The summed E-state index contributed by atoms with van der Waals surface area (Å²) in [5, 5.41) is 4.24. The Labute approximate surface area is 129 Å². The van der Waals surface area contributed by atoms with E-state index in [4.69, 9.17) is 0 Å². The van der Waals surface area contributed by atoms with Crippen LogP contribution in [0.4, 0.5) is 5.69 Å². The highest BCUT2D eigenvalue weighted by Gasteiger charge is 2.21. The van der Waals surface area contributed by atoms with E-state index in [1.165, 1.54) is 21.5 Å². The van der Waals surface area contributed by atoms with E-state index in [2.05, 4.69) is 76.9 Å². The summed E-state index contributed by atoms with van der Waals surface area (Å²) in [6.07, 6.45) is 0. The Hall–Kier alpha value is -0.190. The molecule has 0 aliphatic carbocycles. The van der Waals surface area contributed by atoms with Crippen molar-refractivity contribution in [2.24, 2.45) is 0 Å². The minimum atomic E-state index is 0.401. The number of nitrogens with one attached hydrogen (secondary N) is 1. The van der Waals surface area contributed by atoms with Crippen molar-refractivity contribution in [2.75, 3.05) is 30.3 Å². The lowest BCUT2D eigenvalue weighted by molar-refractivity contribution is 0.595. The number of halogens is 1. The lowest BCUT2D eigenvalue weighted by Gasteiger charge is -2.35. The van der Waals surface area contributed by atoms with Gasteiger partial charge in [-0.2, -0.15) is 11.8 Å². The molecule has 0 saturated carbocycles. The van der Waals surface area contributed by atoms with Gasteiger partial charge >= 0.3 is 0 Å². The number of rotatable bonds is 4. The molecule has 0 radical (unpaired) electrons. The van der Waals surface area contributed by atoms with Crippen LogP contribution in [0.15, 0.2) is 22.7 Å². The molecule has 0 amide bonds. The Morgan fingerprint density at radius 2 is 2.32 bits per heavy atom. The summed E-state index contributed by atoms with van der Waals surface area (Å²) in [5.74, 6) is 1.22. The van der Waals surface area contributed by atoms with Crippen LogP contribution >= 0.6 is 27.7 Å². The quantitative estimate of drug-likeness (QED) is 0.888. The molecule has 1 N–H and O–H groups in total. The van der Waals surface area contributed by atoms with Crippen LogP contribution in [0.1, 0.15) is 32.4 Å². The monoisotopic (exact) mass is 342 g/mol. The van der Waals surface area contributed by atoms with E-state index >= 15 is 0 Å². The number of nitrogens with zero attached hydrogens (tertiary/aromatic N) is 1. The van der Waals surface area contributed by atoms with Crippen LogP contribution < -0.4 is 10.2 Å². The number of hydrogen-bond donors (Lipinski definition) is 1. The molecule has 2 unspecified atom stereocenters. The van der Waals surface area contributed by atoms with E-state index in [1.807, 2.05) is 0 Å². The molecule has 2 rings (SSSR count). The fraction of sp³-hybridized carbons (Fsp3) is 0.600. The summed E-state index contributed by atoms with van der Waals surface area (Å²) >= 11 is 5.69. The smallest absolute Gasteiger partial charge is 0.0426 e. The standard InChI is InChI=1S/C15H23BrN2S/c1-4-17-12(3)14-6-5-13(16)9-15(14)18-7-8-19-11(2)10-18/h5-6,9,11-12,17H,4,7-8,10H2,1-3H3. The van der Waals surface area contributed by atoms with E-state index in [-0.39, 0.29) is 0 Å². The van der Waals surface area contributed by atoms with Crippen molar-refractivity contribution >= 4 is 33.4 Å². The third-order valence-electron chi connectivity index (χ3n) is 3.55. The topological polar surface area (TPSA) is 15.3 Å². The Kier molecular flexibility index (Phi) is 5.60. The van der Waals surface area contributed by atoms with Gasteiger partial charge in [0.05, 0.1) is 0 Å². The molecule has 1 fully saturated rings. The Morgan fingerprint density at radius 1 is 1.53 bits per heavy atom. The summed E-state index contributed by atoms with van der Waals surface area (Å²) in [6.45, 7) is 10.0. The lowest BCUT2D eigenvalue weighted by atomic mass is 10.0. The molecule has 2 nitrogen and oxygen atoms in total. The molecule has 0 aromatic heterocycles. The fourth-order valence-corrected chi connectivity index (χ4v) is 3.97. The van der Waals surface area contributed by atoms with E-state index < -0.39 is 0 Å². The van der Waals surface area contributed by atoms with Crippen LogP contribution in [0.25, 0.3) is 0 Å². The molecule has 2 atom stereocenters. The molecule has 1 heterocycles. The first-order valence-electron chi connectivity index (χ1n) is 7.01. The van der Waals surface area contributed by atoms with Gasteiger partial charge in [-0.3, -0.25) is 0 Å². The molecular weight excluding hydrogens is 320 g/mol. The molecule has 0 spiro atoms. The molecular formula is C15H23BrN2S. The van der Waals surface area contributed by atoms with Crippen molar-refractivity contribution in [2.45, 2.75) is 32.1 Å². The molecule has 1 aromatic carbocycles. The highest BCUT2D eigenvalue weighted by Crippen LogP contribution is 2.32. The summed E-state index contributed by atoms with van der Waals surface area (Å²) in [5.41, 5.74) is 2.79. The van der Waals surface area contributed by atoms with Crippen molar-refractivity contribution in [3.63, 3.8) is 0 Å². The largest absolute Gasteiger partial charge is 0.369 e. The van der Waals surface area contributed by atoms with Crippen LogP contribution in [0, 0.1) is 0 Å². The van der Waals surface area contributed by atoms with Gasteiger partial charge in [-0.15, -0.1) is 0 Å². The Bertz CT molecular complexity index is 425. The number of anilines is 1. The van der Waals surface area contributed by atoms with Crippen molar-refractivity contribution in [3.8, 4) is 0 Å². The van der Waals surface area contributed by atoms with Gasteiger partial charge in [-0.05, 0) is 31.2 Å². The third-order valence-corrected chi connectivity index (χ3v) is 5.18. The second-order valence-corrected chi connectivity index (χ2v) is 7.57. The molecule has 0 bridgehead atoms. The Morgan fingerprint density at radius 3 is 3.00 bits per heavy atom. The van der Waals surface area contributed by atoms with Gasteiger partial charge in [-0.1, -0.05) is 35.8 Å². The average molecular weight is 343 g/mol. The number of hydrogen-bond acceptors (Lipinski definition) is 3. The summed E-state index contributed by atoms with van der Waals surface area (Å²) < 4.78 is 1.17. The molecule has 1 aliphatic rings. The van der Waals surface area contributed by atoms with Gasteiger partial charge in [0, 0.05) is 40.3 Å². The fourth-order valence-electron chi connectivity index (χ4n) is 2.61. The second-order valence-electron chi connectivity index (χ2n) is 5.11. The van der Waals surface area contributed by atoms with E-state index in [0.717, 1.165) is 24.9 Å². The van der Waals surface area contributed by atoms with Crippen LogP contribution in [-0.4, -0.2) is 30.6 Å². The first-order valence-corrected chi connectivity index (χ1v) is 8.85. The van der Waals surface area contributed by atoms with E-state index in [1.54, 1.807) is 0 Å². The maximum Gasteiger partial charge on any atom is 0.0426 e. The molecule has 1 saturated heterocycles. The Balaban J connectivity index is 2.28. The molecule has 19 heavy (non-hydrogen) atoms. The zero-order valence-corrected chi connectivity index (χ0v) is 14.4. The maximum atomic E-state index is 3.61. The van der Waals surface area contributed by atoms with Gasteiger partial charge in [0.15, 0.2) is 0 Å². The van der Waals surface area contributed by atoms with E-state index in [9.17, 15) is 0 Å². The lowest BCUT2D eigenvalue weighted by Crippen LogP contribution is -2.37. The normalized spacial score (nSPS) is 21.5. The predicted octanol–water partition coefficient (Wildman–Crippen LogP) is 4.06. The summed E-state index contributed by atoms with van der Waals surface area (Å²) in [4.78, 5) is 2.54. The highest BCUT2D eigenvalue weighted by atomic mass is 79.9. The SMILES string of the molecule is CCNC(C)c1ccc(Br)cc1N1CCSC(C)C1. The molecule has 1 aliphatic heterocycles. The zero-order chi connectivity index (χ0) is 13.8. The summed E-state index contributed by atoms with van der Waals surface area (Å²) in [6, 6.07) is 7.07. The second kappa shape index (κ2) is 7.00. The summed E-state index contributed by atoms with van der Waals surface area (Å²) in [7, 11) is 0. The van der Waals surface area contributed by atoms with Gasteiger partial charge in [0.2, 0.25) is 0 Å². The number of benzene rings is 1. The van der Waals surface area contributed by atoms with Crippen LogP contribution in [0.2, 0.25) is 0 Å². The molecule has 4 heteroatoms. The van der Waals surface area contributed by atoms with Crippen molar-refractivity contribution < 1.29 is 0 Å². The van der Waals surface area contributed by atoms with E-state index in [0.29, 0.717) is 6.04 Å². The van der Waals surface area contributed by atoms with Gasteiger partial charge < -0.3 is 10.2 Å². The molecule has 106 valence electrons. The van der Waals surface area contributed by atoms with Crippen molar-refractivity contribution in [3.05, 3.63) is 28.2 Å². The van der Waals surface area contributed by atoms with Gasteiger partial charge in [0.25, 0.3) is 0 Å². The van der Waals surface area contributed by atoms with Crippen LogP contribution in [-0.2, 0) is 0 Å². The predicted molar refractivity (Wildman–Crippen MR) is 90.4 cm³/mol. The number of thioether (sulfide) groups is 1. The third kappa shape index (κ3) is 3.89. The highest BCUT2D eigenvalue weighted by molar-refractivity contribution is 9.10. The maximum absolute atomic E-state index is 3.61. The average Bonchev–Trinajstić information content (AvgIpc) is 2.39. The first kappa shape index (κ1) is 15.2. The first-order chi connectivity index (χ1) is 9.11. The molecule has 1 aromatic rings. The minimum Gasteiger partial charge on any atom is -0.369 e. The van der Waals surface area contributed by atoms with Crippen molar-refractivity contribution in [1.29, 1.82) is 0 Å². The van der Waals surface area contributed by atoms with Crippen LogP contribution in [0.5, 0.6) is 0 Å². The zero-order valence-electron chi connectivity index (χ0n) is 11.9. The van der Waals surface area contributed by atoms with Gasteiger partial charge in [0.1, 0.15) is 0 Å². The van der Waals surface area contributed by atoms with Crippen molar-refractivity contribution in [1.82, 2.24) is 5.32 Å². The minimum absolute atomic E-state index is 0.401.